The van der Waals surface area contributed by atoms with Gasteiger partial charge in [-0.05, 0) is 25.5 Å². The number of hydrazone groups is 1. The van der Waals surface area contributed by atoms with Crippen LogP contribution >= 0.6 is 0 Å². The maximum absolute atomic E-state index is 11.6. The summed E-state index contributed by atoms with van der Waals surface area (Å²) in [6.45, 7) is 4.02. The Morgan fingerprint density at radius 3 is 2.80 bits per heavy atom. The summed E-state index contributed by atoms with van der Waals surface area (Å²) in [7, 11) is 1.63. The molecular weight excluding hydrogens is 252 g/mol. The number of benzene rings is 1. The average Bonchev–Trinajstić information content (AvgIpc) is 2.49. The van der Waals surface area contributed by atoms with Gasteiger partial charge < -0.3 is 4.74 Å². The number of carbonyl (C=O) groups is 1. The number of nitrogens with one attached hydrogen (secondary N) is 1. The third kappa shape index (κ3) is 5.87. The monoisotopic (exact) mass is 276 g/mol. The van der Waals surface area contributed by atoms with Crippen LogP contribution in [0.3, 0.4) is 0 Å². The normalized spacial score (nSPS) is 11.2. The van der Waals surface area contributed by atoms with E-state index >= 15 is 0 Å². The Hall–Kier alpha value is -1.84. The maximum Gasteiger partial charge on any atom is 0.240 e. The molecule has 0 aromatic heterocycles. The van der Waals surface area contributed by atoms with E-state index in [-0.39, 0.29) is 5.91 Å². The minimum absolute atomic E-state index is 0.0247. The predicted molar refractivity (Wildman–Crippen MR) is 82.1 cm³/mol. The Bertz CT molecular complexity index is 456. The van der Waals surface area contributed by atoms with Gasteiger partial charge in [0.2, 0.25) is 5.91 Å². The molecule has 0 fully saturated rings. The van der Waals surface area contributed by atoms with Crippen molar-refractivity contribution in [2.24, 2.45) is 5.10 Å². The molecule has 0 bridgehead atoms. The van der Waals surface area contributed by atoms with E-state index in [0.717, 1.165) is 29.9 Å². The number of nitrogens with zero attached hydrogens (tertiary/aromatic N) is 1. The van der Waals surface area contributed by atoms with Crippen LogP contribution in [-0.4, -0.2) is 18.7 Å². The Balaban J connectivity index is 2.46. The Morgan fingerprint density at radius 2 is 2.10 bits per heavy atom. The maximum atomic E-state index is 11.6. The summed E-state index contributed by atoms with van der Waals surface area (Å²) in [4.78, 5) is 11.6. The molecule has 110 valence electrons. The SMILES string of the molecule is CCCCCCC(=O)NN=C(C)c1cccc(OC)c1. The molecule has 0 heterocycles. The first-order chi connectivity index (χ1) is 9.67. The fraction of sp³-hybridized carbons (Fsp3) is 0.500. The van der Waals surface area contributed by atoms with E-state index < -0.39 is 0 Å². The van der Waals surface area contributed by atoms with E-state index in [1.807, 2.05) is 31.2 Å². The van der Waals surface area contributed by atoms with E-state index in [0.29, 0.717) is 6.42 Å². The molecule has 0 saturated carbocycles. The fourth-order valence-corrected chi connectivity index (χ4v) is 1.83. The molecular formula is C16H24N2O2. The molecule has 1 aromatic carbocycles. The first kappa shape index (κ1) is 16.2. The molecule has 4 nitrogen and oxygen atoms in total. The second-order valence-corrected chi connectivity index (χ2v) is 4.77. The Labute approximate surface area is 121 Å². The van der Waals surface area contributed by atoms with Crippen molar-refractivity contribution < 1.29 is 9.53 Å². The molecule has 0 aliphatic rings. The molecule has 0 unspecified atom stereocenters. The minimum Gasteiger partial charge on any atom is -0.497 e. The largest absolute Gasteiger partial charge is 0.497 e. The molecule has 1 aromatic rings. The van der Waals surface area contributed by atoms with Crippen molar-refractivity contribution in [3.8, 4) is 5.75 Å². The van der Waals surface area contributed by atoms with E-state index in [1.54, 1.807) is 7.11 Å². The van der Waals surface area contributed by atoms with Crippen molar-refractivity contribution in [2.45, 2.75) is 46.0 Å². The summed E-state index contributed by atoms with van der Waals surface area (Å²) in [6.07, 6.45) is 4.92. The average molecular weight is 276 g/mol. The summed E-state index contributed by atoms with van der Waals surface area (Å²) < 4.78 is 5.16. The number of ether oxygens (including phenoxy) is 1. The third-order valence-corrected chi connectivity index (χ3v) is 3.09. The molecule has 0 aliphatic carbocycles. The molecule has 20 heavy (non-hydrogen) atoms. The van der Waals surface area contributed by atoms with Gasteiger partial charge in [-0.1, -0.05) is 38.3 Å². The number of amides is 1. The summed E-state index contributed by atoms with van der Waals surface area (Å²) in [6, 6.07) is 7.61. The lowest BCUT2D eigenvalue weighted by molar-refractivity contribution is -0.121. The second kappa shape index (κ2) is 9.13. The second-order valence-electron chi connectivity index (χ2n) is 4.77. The molecule has 1 N–H and O–H groups in total. The van der Waals surface area contributed by atoms with Gasteiger partial charge in [0.15, 0.2) is 0 Å². The zero-order valence-electron chi connectivity index (χ0n) is 12.6. The quantitative estimate of drug-likeness (QED) is 0.449. The highest BCUT2D eigenvalue weighted by Crippen LogP contribution is 2.13. The molecule has 1 amide bonds. The fourth-order valence-electron chi connectivity index (χ4n) is 1.83. The van der Waals surface area contributed by atoms with Gasteiger partial charge in [-0.25, -0.2) is 5.43 Å². The van der Waals surface area contributed by atoms with Gasteiger partial charge in [0.1, 0.15) is 5.75 Å². The zero-order chi connectivity index (χ0) is 14.8. The van der Waals surface area contributed by atoms with Crippen molar-refractivity contribution in [1.29, 1.82) is 0 Å². The molecule has 0 spiro atoms. The van der Waals surface area contributed by atoms with Gasteiger partial charge in [0.05, 0.1) is 12.8 Å². The zero-order valence-corrected chi connectivity index (χ0v) is 12.6. The van der Waals surface area contributed by atoms with Crippen LogP contribution in [-0.2, 0) is 4.79 Å². The molecule has 0 aliphatic heterocycles. The number of hydrogen-bond donors (Lipinski definition) is 1. The van der Waals surface area contributed by atoms with Gasteiger partial charge in [0.25, 0.3) is 0 Å². The van der Waals surface area contributed by atoms with Crippen molar-refractivity contribution >= 4 is 11.6 Å². The number of rotatable bonds is 8. The van der Waals surface area contributed by atoms with E-state index in [4.69, 9.17) is 4.74 Å². The van der Waals surface area contributed by atoms with Gasteiger partial charge in [0, 0.05) is 12.0 Å². The van der Waals surface area contributed by atoms with E-state index in [1.165, 1.54) is 12.8 Å². The first-order valence-corrected chi connectivity index (χ1v) is 7.15. The molecule has 0 radical (unpaired) electrons. The number of carbonyl (C=O) groups excluding carboxylic acids is 1. The van der Waals surface area contributed by atoms with Crippen molar-refractivity contribution in [3.05, 3.63) is 29.8 Å². The lowest BCUT2D eigenvalue weighted by Gasteiger charge is -2.05. The minimum atomic E-state index is -0.0247. The highest BCUT2D eigenvalue weighted by Gasteiger charge is 2.02. The van der Waals surface area contributed by atoms with Crippen molar-refractivity contribution in [3.63, 3.8) is 0 Å². The van der Waals surface area contributed by atoms with Gasteiger partial charge in [-0.3, -0.25) is 4.79 Å². The highest BCUT2D eigenvalue weighted by molar-refractivity contribution is 5.99. The van der Waals surface area contributed by atoms with Crippen LogP contribution in [0.5, 0.6) is 5.75 Å². The third-order valence-electron chi connectivity index (χ3n) is 3.09. The van der Waals surface area contributed by atoms with Gasteiger partial charge >= 0.3 is 0 Å². The summed E-state index contributed by atoms with van der Waals surface area (Å²) in [5, 5.41) is 4.13. The van der Waals surface area contributed by atoms with Crippen molar-refractivity contribution in [2.75, 3.05) is 7.11 Å². The molecule has 0 saturated heterocycles. The van der Waals surface area contributed by atoms with Gasteiger partial charge in [-0.2, -0.15) is 5.10 Å². The smallest absolute Gasteiger partial charge is 0.240 e. The number of hydrogen-bond acceptors (Lipinski definition) is 3. The van der Waals surface area contributed by atoms with E-state index in [2.05, 4.69) is 17.5 Å². The summed E-state index contributed by atoms with van der Waals surface area (Å²) in [5.41, 5.74) is 4.31. The topological polar surface area (TPSA) is 50.7 Å². The standard InChI is InChI=1S/C16H24N2O2/c1-4-5-6-7-11-16(19)18-17-13(2)14-9-8-10-15(12-14)20-3/h8-10,12H,4-7,11H2,1-3H3,(H,18,19). The van der Waals surface area contributed by atoms with Crippen LogP contribution < -0.4 is 10.2 Å². The predicted octanol–water partition coefficient (Wildman–Crippen LogP) is 3.51. The van der Waals surface area contributed by atoms with Crippen LogP contribution in [0.2, 0.25) is 0 Å². The first-order valence-electron chi connectivity index (χ1n) is 7.15. The van der Waals surface area contributed by atoms with Crippen LogP contribution in [0, 0.1) is 0 Å². The van der Waals surface area contributed by atoms with Gasteiger partial charge in [-0.15, -0.1) is 0 Å². The summed E-state index contributed by atoms with van der Waals surface area (Å²) in [5.74, 6) is 0.756. The van der Waals surface area contributed by atoms with Crippen LogP contribution in [0.25, 0.3) is 0 Å². The molecule has 1 rings (SSSR count). The van der Waals surface area contributed by atoms with Crippen LogP contribution in [0.4, 0.5) is 0 Å². The lowest BCUT2D eigenvalue weighted by atomic mass is 10.1. The highest BCUT2D eigenvalue weighted by atomic mass is 16.5. The molecule has 4 heteroatoms. The number of unbranched alkanes of at least 4 members (excludes halogenated alkanes) is 3. The van der Waals surface area contributed by atoms with Crippen LogP contribution in [0.15, 0.2) is 29.4 Å². The van der Waals surface area contributed by atoms with Crippen molar-refractivity contribution in [1.82, 2.24) is 5.43 Å². The molecule has 0 atom stereocenters. The summed E-state index contributed by atoms with van der Waals surface area (Å²) >= 11 is 0. The van der Waals surface area contributed by atoms with Crippen LogP contribution in [0.1, 0.15) is 51.5 Å². The number of methoxy groups -OCH3 is 1. The van der Waals surface area contributed by atoms with E-state index in [9.17, 15) is 4.79 Å². The lowest BCUT2D eigenvalue weighted by Crippen LogP contribution is -2.18. The Kier molecular flexibility index (Phi) is 7.40. The Morgan fingerprint density at radius 1 is 1.30 bits per heavy atom.